The number of pyridine rings is 1. The number of anilines is 1. The van der Waals surface area contributed by atoms with Gasteiger partial charge in [0.15, 0.2) is 21.1 Å². The Kier molecular flexibility index (Phi) is 6.91. The maximum atomic E-state index is 13.4. The molecule has 38 heavy (non-hydrogen) atoms. The second kappa shape index (κ2) is 10.2. The summed E-state index contributed by atoms with van der Waals surface area (Å²) in [5.41, 5.74) is 4.30. The molecule has 11 nitrogen and oxygen atoms in total. The highest BCUT2D eigenvalue weighted by molar-refractivity contribution is 7.91. The average molecular weight is 535 g/mol. The lowest BCUT2D eigenvalue weighted by molar-refractivity contribution is 0.542. The van der Waals surface area contributed by atoms with Crippen LogP contribution in [-0.4, -0.2) is 50.9 Å². The fourth-order valence-corrected chi connectivity index (χ4v) is 5.24. The van der Waals surface area contributed by atoms with Crippen molar-refractivity contribution < 1.29 is 8.42 Å². The molecule has 0 radical (unpaired) electrons. The van der Waals surface area contributed by atoms with Crippen molar-refractivity contribution in [2.45, 2.75) is 63.9 Å². The van der Waals surface area contributed by atoms with Gasteiger partial charge in [0.25, 0.3) is 5.56 Å². The molecule has 0 unspecified atom stereocenters. The van der Waals surface area contributed by atoms with Crippen molar-refractivity contribution in [3.63, 3.8) is 0 Å². The van der Waals surface area contributed by atoms with Crippen LogP contribution in [0.25, 0.3) is 6.20 Å². The van der Waals surface area contributed by atoms with Gasteiger partial charge in [-0.25, -0.2) is 23.4 Å². The molecule has 5 rings (SSSR count). The topological polar surface area (TPSA) is 144 Å². The Morgan fingerprint density at radius 2 is 1.95 bits per heavy atom. The second-order valence-corrected chi connectivity index (χ2v) is 12.0. The van der Waals surface area contributed by atoms with E-state index < -0.39 is 9.84 Å². The molecular weight excluding hydrogens is 504 g/mol. The van der Waals surface area contributed by atoms with Gasteiger partial charge < -0.3 is 5.32 Å². The minimum Gasteiger partial charge on any atom is -0.360 e. The van der Waals surface area contributed by atoms with E-state index in [0.29, 0.717) is 22.4 Å². The third-order valence-corrected chi connectivity index (χ3v) is 8.36. The highest BCUT2D eigenvalue weighted by Gasteiger charge is 2.30. The maximum Gasteiger partial charge on any atom is 0.295 e. The third-order valence-electron chi connectivity index (χ3n) is 6.64. The van der Waals surface area contributed by atoms with Crippen LogP contribution in [0.2, 0.25) is 0 Å². The molecule has 3 aromatic heterocycles. The van der Waals surface area contributed by atoms with Crippen LogP contribution in [0.5, 0.6) is 0 Å². The number of aromatic nitrogens is 5. The molecule has 1 saturated carbocycles. The van der Waals surface area contributed by atoms with Crippen molar-refractivity contribution in [3.8, 4) is 0 Å². The Morgan fingerprint density at radius 3 is 2.61 bits per heavy atom. The molecule has 1 aliphatic heterocycles. The molecule has 0 bridgehead atoms. The monoisotopic (exact) mass is 534 g/mol. The number of nitrogens with zero attached hydrogens (tertiary/aromatic N) is 7. The van der Waals surface area contributed by atoms with Gasteiger partial charge in [-0.2, -0.15) is 0 Å². The number of aliphatic imine (C=N–C) groups is 1. The fourth-order valence-electron chi connectivity index (χ4n) is 4.42. The molecule has 0 spiro atoms. The van der Waals surface area contributed by atoms with Gasteiger partial charge in [-0.1, -0.05) is 6.92 Å². The molecule has 4 heterocycles. The van der Waals surface area contributed by atoms with E-state index in [-0.39, 0.29) is 41.2 Å². The first-order valence-electron chi connectivity index (χ1n) is 12.7. The summed E-state index contributed by atoms with van der Waals surface area (Å²) in [6.07, 6.45) is 6.79. The summed E-state index contributed by atoms with van der Waals surface area (Å²) >= 11 is 0. The van der Waals surface area contributed by atoms with E-state index in [1.807, 2.05) is 20.8 Å². The standard InChI is InChI=1S/C26H30N8O3S/c1-5-38(36,37)19-9-8-18(27-11-19)10-29-24-26(35)34(15(2)3)25-21(33-24)13-28-20(12-30-25)22-16(4)31-14-32-23(22)17-6-7-17/h8-9,11,13-15,17H,5-7,10,12H2,1-4H3,(H,29,33). The number of hydrogen-bond donors (Lipinski definition) is 1. The Bertz CT molecular complexity index is 1710. The third kappa shape index (κ3) is 5.00. The van der Waals surface area contributed by atoms with Crippen molar-refractivity contribution in [1.82, 2.24) is 24.5 Å². The molecular formula is C26H30N8O3S. The molecule has 0 aromatic carbocycles. The summed E-state index contributed by atoms with van der Waals surface area (Å²) < 4.78 is 25.7. The molecule has 1 aliphatic carbocycles. The Balaban J connectivity index is 1.50. The van der Waals surface area contributed by atoms with E-state index in [4.69, 9.17) is 9.98 Å². The molecule has 12 heteroatoms. The lowest BCUT2D eigenvalue weighted by Gasteiger charge is -2.13. The number of sulfone groups is 1. The van der Waals surface area contributed by atoms with Gasteiger partial charge in [0.1, 0.15) is 11.7 Å². The van der Waals surface area contributed by atoms with Crippen LogP contribution in [0.15, 0.2) is 44.3 Å². The van der Waals surface area contributed by atoms with Crippen LogP contribution in [0.4, 0.5) is 5.82 Å². The number of fused-ring (bicyclic) bond motifs is 1. The summed E-state index contributed by atoms with van der Waals surface area (Å²) in [5.74, 6) is 0.574. The Hall–Kier alpha value is -3.80. The Labute approximate surface area is 220 Å². The molecule has 0 atom stereocenters. The lowest BCUT2D eigenvalue weighted by atomic mass is 10.0. The van der Waals surface area contributed by atoms with Gasteiger partial charge in [-0.3, -0.25) is 24.3 Å². The minimum atomic E-state index is -3.33. The predicted molar refractivity (Wildman–Crippen MR) is 144 cm³/mol. The SMILES string of the molecule is CCS(=O)(=O)c1ccc(CNc2nc3c(n(C(C)C)c2=O)=NCC(c2c(C)ncnc2C2CC2)=NC=3)nc1. The number of rotatable bonds is 8. The summed E-state index contributed by atoms with van der Waals surface area (Å²) in [5, 5.41) is 3.55. The van der Waals surface area contributed by atoms with Gasteiger partial charge in [-0.05, 0) is 45.7 Å². The second-order valence-electron chi connectivity index (χ2n) is 9.70. The molecule has 0 amide bonds. The average Bonchev–Trinajstić information content (AvgIpc) is 3.75. The smallest absolute Gasteiger partial charge is 0.295 e. The summed E-state index contributed by atoms with van der Waals surface area (Å²) in [7, 11) is -3.33. The van der Waals surface area contributed by atoms with Crippen LogP contribution in [0.3, 0.4) is 0 Å². The summed E-state index contributed by atoms with van der Waals surface area (Å²) in [6.45, 7) is 7.86. The van der Waals surface area contributed by atoms with Crippen molar-refractivity contribution in [2.75, 3.05) is 17.6 Å². The van der Waals surface area contributed by atoms with Gasteiger partial charge in [0, 0.05) is 23.7 Å². The quantitative estimate of drug-likeness (QED) is 0.457. The first-order valence-corrected chi connectivity index (χ1v) is 14.3. The van der Waals surface area contributed by atoms with E-state index in [2.05, 4.69) is 25.3 Å². The molecule has 198 valence electrons. The van der Waals surface area contributed by atoms with Crippen LogP contribution < -0.4 is 21.7 Å². The molecule has 2 aliphatic rings. The number of aryl methyl sites for hydroxylation is 1. The molecule has 1 N–H and O–H groups in total. The number of hydrogen-bond acceptors (Lipinski definition) is 10. The van der Waals surface area contributed by atoms with Gasteiger partial charge in [-0.15, -0.1) is 0 Å². The van der Waals surface area contributed by atoms with E-state index in [1.54, 1.807) is 30.1 Å². The zero-order valence-electron chi connectivity index (χ0n) is 21.8. The summed E-state index contributed by atoms with van der Waals surface area (Å²) in [4.78, 5) is 40.8. The summed E-state index contributed by atoms with van der Waals surface area (Å²) in [6, 6.07) is 2.98. The fraction of sp³-hybridized carbons (Fsp3) is 0.423. The van der Waals surface area contributed by atoms with Crippen LogP contribution in [0.1, 0.15) is 68.2 Å². The minimum absolute atomic E-state index is 0.00454. The van der Waals surface area contributed by atoms with Crippen LogP contribution >= 0.6 is 0 Å². The Morgan fingerprint density at radius 1 is 1.16 bits per heavy atom. The highest BCUT2D eigenvalue weighted by atomic mass is 32.2. The first-order chi connectivity index (χ1) is 18.2. The van der Waals surface area contributed by atoms with Crippen LogP contribution in [0, 0.1) is 6.92 Å². The largest absolute Gasteiger partial charge is 0.360 e. The zero-order chi connectivity index (χ0) is 27.0. The van der Waals surface area contributed by atoms with Crippen molar-refractivity contribution >= 4 is 27.6 Å². The van der Waals surface area contributed by atoms with Gasteiger partial charge >= 0.3 is 0 Å². The van der Waals surface area contributed by atoms with E-state index in [1.165, 1.54) is 12.3 Å². The molecule has 3 aromatic rings. The lowest BCUT2D eigenvalue weighted by Crippen LogP contribution is -2.47. The van der Waals surface area contributed by atoms with Crippen molar-refractivity contribution in [2.24, 2.45) is 9.98 Å². The van der Waals surface area contributed by atoms with E-state index >= 15 is 0 Å². The first kappa shape index (κ1) is 25.8. The van der Waals surface area contributed by atoms with Crippen molar-refractivity contribution in [3.05, 3.63) is 68.5 Å². The van der Waals surface area contributed by atoms with E-state index in [9.17, 15) is 13.2 Å². The van der Waals surface area contributed by atoms with Gasteiger partial charge in [0.2, 0.25) is 0 Å². The van der Waals surface area contributed by atoms with E-state index in [0.717, 1.165) is 35.5 Å². The van der Waals surface area contributed by atoms with Crippen molar-refractivity contribution in [1.29, 1.82) is 0 Å². The van der Waals surface area contributed by atoms with Gasteiger partial charge in [0.05, 0.1) is 52.7 Å². The highest BCUT2D eigenvalue weighted by Crippen LogP contribution is 2.41. The normalized spacial score (nSPS) is 15.2. The predicted octanol–water partition coefficient (Wildman–Crippen LogP) is 1.46. The van der Waals surface area contributed by atoms with Crippen LogP contribution in [-0.2, 0) is 16.4 Å². The molecule has 0 saturated heterocycles. The molecule has 1 fully saturated rings. The number of nitrogens with one attached hydrogen (secondary N) is 1. The zero-order valence-corrected chi connectivity index (χ0v) is 22.7. The maximum absolute atomic E-state index is 13.4.